The smallest absolute Gasteiger partial charge is 0.251 e. The fourth-order valence-corrected chi connectivity index (χ4v) is 4.33. The number of rotatable bonds is 6. The maximum Gasteiger partial charge on any atom is 0.251 e. The summed E-state index contributed by atoms with van der Waals surface area (Å²) < 4.78 is 5.78. The Labute approximate surface area is 193 Å². The molecule has 33 heavy (non-hydrogen) atoms. The van der Waals surface area contributed by atoms with E-state index in [1.807, 2.05) is 24.3 Å². The van der Waals surface area contributed by atoms with Gasteiger partial charge in [-0.3, -0.25) is 14.4 Å². The van der Waals surface area contributed by atoms with Crippen LogP contribution in [0.4, 0.5) is 17.1 Å². The normalized spacial score (nSPS) is 20.6. The first-order valence-corrected chi connectivity index (χ1v) is 11.4. The Kier molecular flexibility index (Phi) is 6.93. The third kappa shape index (κ3) is 5.70. The van der Waals surface area contributed by atoms with Gasteiger partial charge in [0.2, 0.25) is 11.8 Å². The summed E-state index contributed by atoms with van der Waals surface area (Å²) in [6.45, 7) is 6.36. The van der Waals surface area contributed by atoms with Crippen LogP contribution < -0.4 is 20.4 Å². The Morgan fingerprint density at radius 3 is 2.21 bits per heavy atom. The number of nitrogens with one attached hydrogen (secondary N) is 2. The minimum Gasteiger partial charge on any atom is -0.372 e. The molecule has 3 amide bonds. The van der Waals surface area contributed by atoms with Crippen LogP contribution >= 0.6 is 0 Å². The molecule has 0 aliphatic carbocycles. The van der Waals surface area contributed by atoms with Crippen LogP contribution in [0.5, 0.6) is 0 Å². The van der Waals surface area contributed by atoms with E-state index < -0.39 is 0 Å². The molecule has 2 aliphatic rings. The van der Waals surface area contributed by atoms with Gasteiger partial charge in [-0.25, -0.2) is 0 Å². The summed E-state index contributed by atoms with van der Waals surface area (Å²) in [6, 6.07) is 14.5. The summed E-state index contributed by atoms with van der Waals surface area (Å²) in [5.74, 6) is -0.537. The van der Waals surface area contributed by atoms with E-state index in [1.165, 1.54) is 0 Å². The number of benzene rings is 2. The molecule has 0 radical (unpaired) electrons. The fraction of sp³-hybridized carbons (Fsp3) is 0.400. The van der Waals surface area contributed by atoms with Crippen molar-refractivity contribution in [1.29, 1.82) is 0 Å². The molecule has 2 unspecified atom stereocenters. The molecule has 2 fully saturated rings. The van der Waals surface area contributed by atoms with E-state index >= 15 is 0 Å². The lowest BCUT2D eigenvalue weighted by atomic mass is 10.2. The minimum absolute atomic E-state index is 0.103. The first-order valence-electron chi connectivity index (χ1n) is 11.4. The zero-order valence-corrected chi connectivity index (χ0v) is 19.0. The van der Waals surface area contributed by atoms with E-state index in [0.717, 1.165) is 30.9 Å². The van der Waals surface area contributed by atoms with E-state index in [1.54, 1.807) is 29.2 Å². The predicted octanol–water partition coefficient (Wildman–Crippen LogP) is 2.80. The lowest BCUT2D eigenvalue weighted by Gasteiger charge is -2.36. The molecule has 8 heteroatoms. The highest BCUT2D eigenvalue weighted by molar-refractivity contribution is 6.00. The minimum atomic E-state index is -0.338. The van der Waals surface area contributed by atoms with Crippen LogP contribution in [-0.4, -0.2) is 56.1 Å². The molecule has 0 aromatic heterocycles. The van der Waals surface area contributed by atoms with Gasteiger partial charge in [0, 0.05) is 48.7 Å². The maximum absolute atomic E-state index is 12.4. The molecule has 2 heterocycles. The number of ether oxygens (including phenoxy) is 1. The molecule has 2 atom stereocenters. The molecule has 0 saturated carbocycles. The van der Waals surface area contributed by atoms with Gasteiger partial charge in [0.25, 0.3) is 5.91 Å². The van der Waals surface area contributed by atoms with Crippen molar-refractivity contribution in [2.45, 2.75) is 38.9 Å². The Morgan fingerprint density at radius 2 is 1.61 bits per heavy atom. The van der Waals surface area contributed by atoms with Crippen molar-refractivity contribution in [3.63, 3.8) is 0 Å². The largest absolute Gasteiger partial charge is 0.372 e. The molecule has 2 aromatic carbocycles. The van der Waals surface area contributed by atoms with Crippen LogP contribution in [0.3, 0.4) is 0 Å². The van der Waals surface area contributed by atoms with Crippen LogP contribution in [-0.2, 0) is 14.3 Å². The van der Waals surface area contributed by atoms with Crippen LogP contribution in [0.2, 0.25) is 0 Å². The van der Waals surface area contributed by atoms with Crippen molar-refractivity contribution in [3.05, 3.63) is 54.1 Å². The van der Waals surface area contributed by atoms with Gasteiger partial charge in [0.15, 0.2) is 0 Å². The second-order valence-electron chi connectivity index (χ2n) is 8.64. The molecule has 2 saturated heterocycles. The van der Waals surface area contributed by atoms with E-state index in [-0.39, 0.29) is 36.5 Å². The molecular weight excluding hydrogens is 420 g/mol. The third-order valence-corrected chi connectivity index (χ3v) is 5.86. The summed E-state index contributed by atoms with van der Waals surface area (Å²) in [5.41, 5.74) is 2.99. The lowest BCUT2D eigenvalue weighted by Crippen LogP contribution is -2.45. The number of hydrogen-bond acceptors (Lipinski definition) is 5. The van der Waals surface area contributed by atoms with Gasteiger partial charge >= 0.3 is 0 Å². The standard InChI is InChI=1S/C25H30N4O4/c1-17-15-28(16-18(2)33-17)21-11-7-20(8-12-21)27-23(30)14-26-25(32)19-5-9-22(10-6-19)29-13-3-4-24(29)31/h5-12,17-18H,3-4,13-16H2,1-2H3,(H,26,32)(H,27,30). The number of amides is 3. The topological polar surface area (TPSA) is 91.0 Å². The average Bonchev–Trinajstić information content (AvgIpc) is 3.23. The number of anilines is 3. The molecule has 174 valence electrons. The Bertz CT molecular complexity index is 996. The summed E-state index contributed by atoms with van der Waals surface area (Å²) in [7, 11) is 0. The first kappa shape index (κ1) is 22.8. The highest BCUT2D eigenvalue weighted by Crippen LogP contribution is 2.23. The molecule has 2 aliphatic heterocycles. The molecule has 2 N–H and O–H groups in total. The molecule has 8 nitrogen and oxygen atoms in total. The molecule has 0 spiro atoms. The zero-order valence-electron chi connectivity index (χ0n) is 19.0. The van der Waals surface area contributed by atoms with Crippen molar-refractivity contribution >= 4 is 34.8 Å². The van der Waals surface area contributed by atoms with E-state index in [0.29, 0.717) is 24.2 Å². The fourth-order valence-electron chi connectivity index (χ4n) is 4.33. The van der Waals surface area contributed by atoms with Gasteiger partial charge in [0.1, 0.15) is 0 Å². The van der Waals surface area contributed by atoms with E-state index in [4.69, 9.17) is 4.74 Å². The van der Waals surface area contributed by atoms with Gasteiger partial charge in [-0.2, -0.15) is 0 Å². The second kappa shape index (κ2) is 10.0. The number of carbonyl (C=O) groups is 3. The molecule has 2 aromatic rings. The molecule has 4 rings (SSSR count). The number of carbonyl (C=O) groups excluding carboxylic acids is 3. The van der Waals surface area contributed by atoms with E-state index in [2.05, 4.69) is 29.4 Å². The van der Waals surface area contributed by atoms with Gasteiger partial charge < -0.3 is 25.2 Å². The molecule has 0 bridgehead atoms. The van der Waals surface area contributed by atoms with Crippen LogP contribution in [0.15, 0.2) is 48.5 Å². The summed E-state index contributed by atoms with van der Waals surface area (Å²) in [4.78, 5) is 40.5. The number of hydrogen-bond donors (Lipinski definition) is 2. The predicted molar refractivity (Wildman–Crippen MR) is 128 cm³/mol. The summed E-state index contributed by atoms with van der Waals surface area (Å²) >= 11 is 0. The van der Waals surface area contributed by atoms with Crippen molar-refractivity contribution in [2.75, 3.05) is 41.3 Å². The molecular formula is C25H30N4O4. The number of nitrogens with zero attached hydrogens (tertiary/aromatic N) is 2. The van der Waals surface area contributed by atoms with Crippen molar-refractivity contribution in [2.24, 2.45) is 0 Å². The lowest BCUT2D eigenvalue weighted by molar-refractivity contribution is -0.117. The van der Waals surface area contributed by atoms with Gasteiger partial charge in [-0.1, -0.05) is 0 Å². The van der Waals surface area contributed by atoms with Crippen LogP contribution in [0.1, 0.15) is 37.0 Å². The highest BCUT2D eigenvalue weighted by Gasteiger charge is 2.23. The quantitative estimate of drug-likeness (QED) is 0.706. The van der Waals surface area contributed by atoms with Gasteiger partial charge in [-0.05, 0) is 68.8 Å². The van der Waals surface area contributed by atoms with Crippen molar-refractivity contribution in [1.82, 2.24) is 5.32 Å². The summed E-state index contributed by atoms with van der Waals surface area (Å²) in [5, 5.41) is 5.44. The summed E-state index contributed by atoms with van der Waals surface area (Å²) in [6.07, 6.45) is 1.77. The zero-order chi connectivity index (χ0) is 23.4. The highest BCUT2D eigenvalue weighted by atomic mass is 16.5. The van der Waals surface area contributed by atoms with E-state index in [9.17, 15) is 14.4 Å². The average molecular weight is 451 g/mol. The van der Waals surface area contributed by atoms with Crippen molar-refractivity contribution in [3.8, 4) is 0 Å². The van der Waals surface area contributed by atoms with Crippen molar-refractivity contribution < 1.29 is 19.1 Å². The monoisotopic (exact) mass is 450 g/mol. The Hall–Kier alpha value is -3.39. The Morgan fingerprint density at radius 1 is 0.970 bits per heavy atom. The van der Waals surface area contributed by atoms with Crippen LogP contribution in [0, 0.1) is 0 Å². The SMILES string of the molecule is CC1CN(c2ccc(NC(=O)CNC(=O)c3ccc(N4CCCC4=O)cc3)cc2)CC(C)O1. The Balaban J connectivity index is 1.26. The second-order valence-corrected chi connectivity index (χ2v) is 8.64. The first-order chi connectivity index (χ1) is 15.9. The number of morpholine rings is 1. The van der Waals surface area contributed by atoms with Gasteiger partial charge in [-0.15, -0.1) is 0 Å². The maximum atomic E-state index is 12.4. The van der Waals surface area contributed by atoms with Gasteiger partial charge in [0.05, 0.1) is 18.8 Å². The van der Waals surface area contributed by atoms with Crippen LogP contribution in [0.25, 0.3) is 0 Å². The third-order valence-electron chi connectivity index (χ3n) is 5.86.